The summed E-state index contributed by atoms with van der Waals surface area (Å²) in [5.41, 5.74) is 0. The fourth-order valence-electron chi connectivity index (χ4n) is 1.11. The molecule has 1 amide bonds. The molecule has 1 aliphatic heterocycles. The van der Waals surface area contributed by atoms with Crippen molar-refractivity contribution in [3.8, 4) is 0 Å². The van der Waals surface area contributed by atoms with Gasteiger partial charge in [-0.05, 0) is 18.9 Å². The van der Waals surface area contributed by atoms with E-state index in [4.69, 9.17) is 4.74 Å². The zero-order chi connectivity index (χ0) is 12.0. The van der Waals surface area contributed by atoms with Crippen LogP contribution in [0.2, 0.25) is 0 Å². The van der Waals surface area contributed by atoms with E-state index < -0.39 is 0 Å². The van der Waals surface area contributed by atoms with Crippen LogP contribution in [0, 0.1) is 5.92 Å². The highest BCUT2D eigenvalue weighted by Crippen LogP contribution is 2.16. The van der Waals surface area contributed by atoms with Crippen molar-refractivity contribution >= 4 is 18.0 Å². The molecule has 0 saturated carbocycles. The molecular weight excluding hydrogens is 224 g/mol. The Morgan fingerprint density at radius 1 is 1.88 bits per heavy atom. The Morgan fingerprint density at radius 3 is 3.31 bits per heavy atom. The van der Waals surface area contributed by atoms with Gasteiger partial charge < -0.3 is 10.1 Å². The molecule has 5 heteroatoms. The van der Waals surface area contributed by atoms with Gasteiger partial charge in [-0.1, -0.05) is 13.0 Å². The second-order valence-corrected chi connectivity index (χ2v) is 4.75. The lowest BCUT2D eigenvalue weighted by Gasteiger charge is -2.21. The van der Waals surface area contributed by atoms with Gasteiger partial charge in [0.25, 0.3) is 0 Å². The molecule has 0 saturated heterocycles. The van der Waals surface area contributed by atoms with Gasteiger partial charge >= 0.3 is 6.09 Å². The summed E-state index contributed by atoms with van der Waals surface area (Å²) < 4.78 is 6.78. The van der Waals surface area contributed by atoms with Crippen molar-refractivity contribution in [2.45, 2.75) is 19.9 Å². The van der Waals surface area contributed by atoms with E-state index in [1.165, 1.54) is 11.9 Å². The van der Waals surface area contributed by atoms with Gasteiger partial charge in [0.1, 0.15) is 0 Å². The Balaban J connectivity index is 2.40. The molecule has 16 heavy (non-hydrogen) atoms. The van der Waals surface area contributed by atoms with Crippen LogP contribution in [0.3, 0.4) is 0 Å². The molecule has 90 valence electrons. The Labute approximate surface area is 101 Å². The predicted octanol–water partition coefficient (Wildman–Crippen LogP) is 2.36. The molecule has 1 aliphatic rings. The lowest BCUT2D eigenvalue weighted by atomic mass is 10.2. The third-order valence-electron chi connectivity index (χ3n) is 2.15. The molecule has 0 fully saturated rings. The first-order valence-corrected chi connectivity index (χ1v) is 6.12. The topological polar surface area (TPSA) is 41.6 Å². The summed E-state index contributed by atoms with van der Waals surface area (Å²) in [5.74, 6) is 0.187. The molecule has 4 nitrogen and oxygen atoms in total. The number of carbonyl (C=O) groups is 1. The fraction of sp³-hybridized carbons (Fsp3) is 0.545. The van der Waals surface area contributed by atoms with Gasteiger partial charge in [0.2, 0.25) is 0 Å². The number of rotatable bonds is 3. The van der Waals surface area contributed by atoms with Crippen LogP contribution >= 0.6 is 11.9 Å². The molecule has 1 heterocycles. The molecular formula is C11H18N2O2S. The van der Waals surface area contributed by atoms with Crippen LogP contribution in [0.15, 0.2) is 24.3 Å². The Hall–Kier alpha value is -1.10. The second-order valence-electron chi connectivity index (χ2n) is 3.83. The second kappa shape index (κ2) is 6.48. The number of nitrogens with zero attached hydrogens (tertiary/aromatic N) is 1. The average Bonchev–Trinajstić information content (AvgIpc) is 2.50. The molecule has 0 radical (unpaired) electrons. The van der Waals surface area contributed by atoms with E-state index in [-0.39, 0.29) is 18.1 Å². The molecule has 0 bridgehead atoms. The van der Waals surface area contributed by atoms with E-state index in [2.05, 4.69) is 11.9 Å². The van der Waals surface area contributed by atoms with Gasteiger partial charge in [-0.25, -0.2) is 9.10 Å². The highest BCUT2D eigenvalue weighted by Gasteiger charge is 2.19. The Bertz CT molecular complexity index is 281. The van der Waals surface area contributed by atoms with Gasteiger partial charge in [-0.2, -0.15) is 0 Å². The fourth-order valence-corrected chi connectivity index (χ4v) is 1.85. The smallest absolute Gasteiger partial charge is 0.420 e. The zero-order valence-electron chi connectivity index (χ0n) is 9.68. The molecule has 1 rings (SSSR count). The molecule has 2 unspecified atom stereocenters. The number of hydrogen-bond acceptors (Lipinski definition) is 4. The third kappa shape index (κ3) is 4.18. The van der Waals surface area contributed by atoms with Crippen LogP contribution in [-0.2, 0) is 4.74 Å². The van der Waals surface area contributed by atoms with Gasteiger partial charge in [0.05, 0.1) is 13.2 Å². The molecule has 0 aromatic carbocycles. The number of carbonyl (C=O) groups excluding carboxylic acids is 1. The standard InChI is InChI=1S/C11H18N2O2S/c1-4-9(2)8-15-11(14)13-7-10(3)12-5-6-16-13/h4-6,9-10,12H,1,7-8H2,2-3H3. The summed E-state index contributed by atoms with van der Waals surface area (Å²) in [7, 11) is 0. The summed E-state index contributed by atoms with van der Waals surface area (Å²) >= 11 is 1.35. The SMILES string of the molecule is C=CC(C)COC(=O)N1CC(C)NC=CS1. The Morgan fingerprint density at radius 2 is 2.62 bits per heavy atom. The maximum atomic E-state index is 11.7. The monoisotopic (exact) mass is 242 g/mol. The van der Waals surface area contributed by atoms with Crippen molar-refractivity contribution in [1.29, 1.82) is 0 Å². The predicted molar refractivity (Wildman–Crippen MR) is 66.7 cm³/mol. The highest BCUT2D eigenvalue weighted by molar-refractivity contribution is 8.00. The maximum absolute atomic E-state index is 11.7. The molecule has 0 aliphatic carbocycles. The number of hydrogen-bond donors (Lipinski definition) is 1. The number of nitrogens with one attached hydrogen (secondary N) is 1. The van der Waals surface area contributed by atoms with E-state index in [0.717, 1.165) is 0 Å². The summed E-state index contributed by atoms with van der Waals surface area (Å²) in [4.78, 5) is 11.7. The summed E-state index contributed by atoms with van der Waals surface area (Å²) in [6.07, 6.45) is 3.32. The largest absolute Gasteiger partial charge is 0.448 e. The van der Waals surface area contributed by atoms with E-state index in [1.807, 2.05) is 25.5 Å². The summed E-state index contributed by atoms with van der Waals surface area (Å²) in [6.45, 7) is 8.63. The van der Waals surface area contributed by atoms with Crippen molar-refractivity contribution in [2.24, 2.45) is 5.92 Å². The van der Waals surface area contributed by atoms with Crippen LogP contribution in [-0.4, -0.2) is 29.6 Å². The first-order chi connectivity index (χ1) is 7.63. The van der Waals surface area contributed by atoms with Gasteiger partial charge in [0.15, 0.2) is 0 Å². The average molecular weight is 242 g/mol. The molecule has 0 aromatic heterocycles. The molecule has 1 N–H and O–H groups in total. The molecule has 0 spiro atoms. The first-order valence-electron chi connectivity index (χ1n) is 5.28. The van der Waals surface area contributed by atoms with Crippen molar-refractivity contribution in [2.75, 3.05) is 13.2 Å². The minimum Gasteiger partial charge on any atom is -0.448 e. The summed E-state index contributed by atoms with van der Waals surface area (Å²) in [5, 5.41) is 4.97. The van der Waals surface area contributed by atoms with Gasteiger partial charge in [0, 0.05) is 23.6 Å². The minimum atomic E-state index is -0.293. The van der Waals surface area contributed by atoms with Crippen LogP contribution in [0.4, 0.5) is 4.79 Å². The first kappa shape index (κ1) is 13.0. The van der Waals surface area contributed by atoms with Crippen molar-refractivity contribution in [1.82, 2.24) is 9.62 Å². The van der Waals surface area contributed by atoms with Crippen molar-refractivity contribution in [3.63, 3.8) is 0 Å². The third-order valence-corrected chi connectivity index (χ3v) is 2.96. The van der Waals surface area contributed by atoms with E-state index >= 15 is 0 Å². The number of ether oxygens (including phenoxy) is 1. The quantitative estimate of drug-likeness (QED) is 0.609. The lowest BCUT2D eigenvalue weighted by molar-refractivity contribution is 0.118. The Kier molecular flexibility index (Phi) is 5.25. The number of amides is 1. The highest BCUT2D eigenvalue weighted by atomic mass is 32.2. The van der Waals surface area contributed by atoms with Gasteiger partial charge in [-0.15, -0.1) is 6.58 Å². The normalized spacial score (nSPS) is 21.9. The van der Waals surface area contributed by atoms with E-state index in [9.17, 15) is 4.79 Å². The summed E-state index contributed by atoms with van der Waals surface area (Å²) in [6, 6.07) is 0.232. The van der Waals surface area contributed by atoms with E-state index in [0.29, 0.717) is 13.2 Å². The van der Waals surface area contributed by atoms with E-state index in [1.54, 1.807) is 10.4 Å². The van der Waals surface area contributed by atoms with Crippen LogP contribution in [0.25, 0.3) is 0 Å². The molecule has 0 aromatic rings. The van der Waals surface area contributed by atoms with Crippen LogP contribution < -0.4 is 5.32 Å². The minimum absolute atomic E-state index is 0.187. The zero-order valence-corrected chi connectivity index (χ0v) is 10.5. The van der Waals surface area contributed by atoms with Crippen molar-refractivity contribution in [3.05, 3.63) is 24.3 Å². The molecule has 2 atom stereocenters. The van der Waals surface area contributed by atoms with Gasteiger partial charge in [-0.3, -0.25) is 0 Å². The maximum Gasteiger partial charge on any atom is 0.420 e. The van der Waals surface area contributed by atoms with Crippen molar-refractivity contribution < 1.29 is 9.53 Å². The lowest BCUT2D eigenvalue weighted by Crippen LogP contribution is -2.35. The van der Waals surface area contributed by atoms with Crippen LogP contribution in [0.1, 0.15) is 13.8 Å². The van der Waals surface area contributed by atoms with Crippen LogP contribution in [0.5, 0.6) is 0 Å².